The molecule has 2 heterocycles. The van der Waals surface area contributed by atoms with Crippen molar-refractivity contribution in [2.24, 2.45) is 5.92 Å². The lowest BCUT2D eigenvalue weighted by atomic mass is 10.1. The van der Waals surface area contributed by atoms with Crippen LogP contribution in [0.2, 0.25) is 0 Å². The molecule has 0 radical (unpaired) electrons. The van der Waals surface area contributed by atoms with E-state index in [1.165, 1.54) is 6.07 Å². The molecule has 3 nitrogen and oxygen atoms in total. The first-order valence-electron chi connectivity index (χ1n) is 6.19. The maximum Gasteiger partial charge on any atom is 0.433 e. The van der Waals surface area contributed by atoms with E-state index in [2.05, 4.69) is 11.9 Å². The molecular weight excluding hydrogens is 255 g/mol. The zero-order valence-electron chi connectivity index (χ0n) is 10.5. The summed E-state index contributed by atoms with van der Waals surface area (Å²) in [7, 11) is 0. The van der Waals surface area contributed by atoms with E-state index in [-0.39, 0.29) is 11.4 Å². The fourth-order valence-electron chi connectivity index (χ4n) is 2.29. The van der Waals surface area contributed by atoms with Gasteiger partial charge in [-0.2, -0.15) is 18.4 Å². The smallest absolute Gasteiger partial charge is 0.355 e. The maximum atomic E-state index is 12.7. The van der Waals surface area contributed by atoms with Gasteiger partial charge in [0, 0.05) is 13.1 Å². The molecule has 0 aromatic carbocycles. The predicted molar refractivity (Wildman–Crippen MR) is 64.6 cm³/mol. The van der Waals surface area contributed by atoms with E-state index in [1.807, 2.05) is 6.07 Å². The second-order valence-electron chi connectivity index (χ2n) is 4.69. The molecule has 0 saturated carbocycles. The highest BCUT2D eigenvalue weighted by molar-refractivity contribution is 5.55. The van der Waals surface area contributed by atoms with Crippen molar-refractivity contribution in [1.29, 1.82) is 5.26 Å². The van der Waals surface area contributed by atoms with Gasteiger partial charge in [-0.05, 0) is 24.5 Å². The second kappa shape index (κ2) is 5.08. The van der Waals surface area contributed by atoms with Gasteiger partial charge >= 0.3 is 6.18 Å². The Kier molecular flexibility index (Phi) is 3.65. The van der Waals surface area contributed by atoms with E-state index in [1.54, 1.807) is 4.90 Å². The number of nitrogens with zero attached hydrogens (tertiary/aromatic N) is 3. The van der Waals surface area contributed by atoms with Crippen molar-refractivity contribution >= 4 is 5.82 Å². The van der Waals surface area contributed by atoms with Crippen molar-refractivity contribution in [2.75, 3.05) is 18.0 Å². The van der Waals surface area contributed by atoms with Crippen molar-refractivity contribution in [1.82, 2.24) is 4.98 Å². The molecule has 1 unspecified atom stereocenters. The monoisotopic (exact) mass is 269 g/mol. The summed E-state index contributed by atoms with van der Waals surface area (Å²) in [6.45, 7) is 3.37. The summed E-state index contributed by atoms with van der Waals surface area (Å²) in [6, 6.07) is 3.97. The van der Waals surface area contributed by atoms with Crippen molar-refractivity contribution in [3.8, 4) is 6.07 Å². The molecule has 0 spiro atoms. The number of rotatable bonds is 2. The number of nitriles is 1. The number of halogens is 3. The third-order valence-corrected chi connectivity index (χ3v) is 3.45. The van der Waals surface area contributed by atoms with Crippen LogP contribution in [0.3, 0.4) is 0 Å². The Morgan fingerprint density at radius 1 is 1.47 bits per heavy atom. The fraction of sp³-hybridized carbons (Fsp3) is 0.538. The number of alkyl halides is 3. The van der Waals surface area contributed by atoms with E-state index in [0.29, 0.717) is 19.0 Å². The van der Waals surface area contributed by atoms with Crippen LogP contribution in [-0.2, 0) is 6.18 Å². The van der Waals surface area contributed by atoms with Crippen LogP contribution in [0.1, 0.15) is 31.0 Å². The molecular formula is C13H14F3N3. The molecule has 1 saturated heterocycles. The molecule has 1 fully saturated rings. The standard InChI is InChI=1S/C13H14F3N3/c1-2-9-5-6-19(8-9)12-10(7-17)3-4-11(18-12)13(14,15)16/h3-4,9H,2,5-6,8H2,1H3. The average Bonchev–Trinajstić information content (AvgIpc) is 2.85. The van der Waals surface area contributed by atoms with Gasteiger partial charge < -0.3 is 4.90 Å². The van der Waals surface area contributed by atoms with Crippen molar-refractivity contribution in [2.45, 2.75) is 25.9 Å². The molecule has 1 aliphatic heterocycles. The number of pyridine rings is 1. The summed E-state index contributed by atoms with van der Waals surface area (Å²) in [5.74, 6) is 0.621. The van der Waals surface area contributed by atoms with Crippen molar-refractivity contribution in [3.05, 3.63) is 23.4 Å². The van der Waals surface area contributed by atoms with Gasteiger partial charge in [0.15, 0.2) is 0 Å². The highest BCUT2D eigenvalue weighted by atomic mass is 19.4. The van der Waals surface area contributed by atoms with Gasteiger partial charge in [-0.25, -0.2) is 4.98 Å². The SMILES string of the molecule is CCC1CCN(c2nc(C(F)(F)F)ccc2C#N)C1. The summed E-state index contributed by atoms with van der Waals surface area (Å²) < 4.78 is 38.0. The zero-order chi connectivity index (χ0) is 14.0. The lowest BCUT2D eigenvalue weighted by Gasteiger charge is -2.19. The van der Waals surface area contributed by atoms with Gasteiger partial charge in [-0.1, -0.05) is 13.3 Å². The maximum absolute atomic E-state index is 12.7. The molecule has 102 valence electrons. The van der Waals surface area contributed by atoms with E-state index in [9.17, 15) is 13.2 Å². The minimum atomic E-state index is -4.48. The quantitative estimate of drug-likeness (QED) is 0.827. The molecule has 0 aliphatic carbocycles. The minimum absolute atomic E-state index is 0.160. The van der Waals surface area contributed by atoms with Crippen molar-refractivity contribution in [3.63, 3.8) is 0 Å². The molecule has 19 heavy (non-hydrogen) atoms. The summed E-state index contributed by atoms with van der Waals surface area (Å²) in [5.41, 5.74) is -0.744. The van der Waals surface area contributed by atoms with E-state index >= 15 is 0 Å². The Balaban J connectivity index is 2.35. The summed E-state index contributed by atoms with van der Waals surface area (Å²) in [4.78, 5) is 5.42. The highest BCUT2D eigenvalue weighted by Crippen LogP contribution is 2.32. The Morgan fingerprint density at radius 2 is 2.21 bits per heavy atom. The van der Waals surface area contributed by atoms with Crippen LogP contribution >= 0.6 is 0 Å². The Morgan fingerprint density at radius 3 is 2.74 bits per heavy atom. The van der Waals surface area contributed by atoms with E-state index in [0.717, 1.165) is 18.9 Å². The van der Waals surface area contributed by atoms with Crippen LogP contribution in [0.15, 0.2) is 12.1 Å². The average molecular weight is 269 g/mol. The third kappa shape index (κ3) is 2.80. The van der Waals surface area contributed by atoms with Gasteiger partial charge in [0.05, 0.1) is 5.56 Å². The summed E-state index contributed by atoms with van der Waals surface area (Å²) in [5, 5.41) is 9.00. The van der Waals surface area contributed by atoms with Crippen molar-refractivity contribution < 1.29 is 13.2 Å². The molecule has 6 heteroatoms. The summed E-state index contributed by atoms with van der Waals surface area (Å²) >= 11 is 0. The van der Waals surface area contributed by atoms with Crippen LogP contribution in [0.4, 0.5) is 19.0 Å². The van der Waals surface area contributed by atoms with Gasteiger partial charge in [-0.15, -0.1) is 0 Å². The second-order valence-corrected chi connectivity index (χ2v) is 4.69. The molecule has 1 aromatic heterocycles. The highest BCUT2D eigenvalue weighted by Gasteiger charge is 2.34. The Hall–Kier alpha value is -1.77. The topological polar surface area (TPSA) is 39.9 Å². The molecule has 1 aliphatic rings. The first kappa shape index (κ1) is 13.7. The molecule has 0 amide bonds. The predicted octanol–water partition coefficient (Wildman–Crippen LogP) is 3.21. The molecule has 0 N–H and O–H groups in total. The molecule has 1 aromatic rings. The number of hydrogen-bond acceptors (Lipinski definition) is 3. The summed E-state index contributed by atoms with van der Waals surface area (Å²) in [6.07, 6.45) is -2.57. The van der Waals surface area contributed by atoms with E-state index < -0.39 is 11.9 Å². The number of anilines is 1. The molecule has 0 bridgehead atoms. The van der Waals surface area contributed by atoms with Gasteiger partial charge in [0.25, 0.3) is 0 Å². The normalized spacial score (nSPS) is 19.5. The van der Waals surface area contributed by atoms with Crippen LogP contribution in [0.25, 0.3) is 0 Å². The Bertz CT molecular complexity index is 505. The first-order chi connectivity index (χ1) is 8.95. The van der Waals surface area contributed by atoms with Crippen LogP contribution in [-0.4, -0.2) is 18.1 Å². The van der Waals surface area contributed by atoms with Crippen LogP contribution in [0.5, 0.6) is 0 Å². The number of hydrogen-bond donors (Lipinski definition) is 0. The largest absolute Gasteiger partial charge is 0.433 e. The minimum Gasteiger partial charge on any atom is -0.355 e. The molecule has 2 rings (SSSR count). The van der Waals surface area contributed by atoms with Gasteiger partial charge in [-0.3, -0.25) is 0 Å². The van der Waals surface area contributed by atoms with E-state index in [4.69, 9.17) is 5.26 Å². The molecule has 1 atom stereocenters. The lowest BCUT2D eigenvalue weighted by Crippen LogP contribution is -2.23. The lowest BCUT2D eigenvalue weighted by molar-refractivity contribution is -0.141. The van der Waals surface area contributed by atoms with Gasteiger partial charge in [0.2, 0.25) is 0 Å². The Labute approximate surface area is 109 Å². The first-order valence-corrected chi connectivity index (χ1v) is 6.19. The zero-order valence-corrected chi connectivity index (χ0v) is 10.5. The fourth-order valence-corrected chi connectivity index (χ4v) is 2.29. The van der Waals surface area contributed by atoms with Crippen LogP contribution < -0.4 is 4.90 Å². The van der Waals surface area contributed by atoms with Gasteiger partial charge in [0.1, 0.15) is 17.6 Å². The number of aromatic nitrogens is 1. The third-order valence-electron chi connectivity index (χ3n) is 3.45. The van der Waals surface area contributed by atoms with Crippen LogP contribution in [0, 0.1) is 17.2 Å².